The molecular formula is C21H17F3N2O5S. The molecule has 0 bridgehead atoms. The number of fused-ring (bicyclic) bond motifs is 1. The second kappa shape index (κ2) is 7.66. The number of aryl methyl sites for hydroxylation is 1. The Morgan fingerprint density at radius 2 is 1.84 bits per heavy atom. The molecule has 11 heteroatoms. The average molecular weight is 466 g/mol. The molecule has 0 unspecified atom stereocenters. The minimum absolute atomic E-state index is 0.0467. The molecule has 168 valence electrons. The maximum atomic E-state index is 13.1. The molecule has 4 rings (SSSR count). The van der Waals surface area contributed by atoms with E-state index in [1.54, 1.807) is 31.2 Å². The predicted octanol–water partition coefficient (Wildman–Crippen LogP) is 3.42. The highest BCUT2D eigenvalue weighted by molar-refractivity contribution is 7.88. The van der Waals surface area contributed by atoms with Gasteiger partial charge < -0.3 is 9.50 Å². The summed E-state index contributed by atoms with van der Waals surface area (Å²) in [5, 5.41) is 3.19. The van der Waals surface area contributed by atoms with Crippen LogP contribution in [0.2, 0.25) is 0 Å². The lowest BCUT2D eigenvalue weighted by molar-refractivity contribution is -0.0500. The molecule has 0 atom stereocenters. The number of alkyl halides is 3. The van der Waals surface area contributed by atoms with Crippen molar-refractivity contribution in [2.24, 2.45) is 0 Å². The number of nitrogens with one attached hydrogen (secondary N) is 1. The number of carbonyl (C=O) groups is 1. The topological polar surface area (TPSA) is 94.5 Å². The van der Waals surface area contributed by atoms with Crippen LogP contribution >= 0.6 is 0 Å². The van der Waals surface area contributed by atoms with E-state index in [-0.39, 0.29) is 17.3 Å². The van der Waals surface area contributed by atoms with Gasteiger partial charge in [0.15, 0.2) is 0 Å². The molecule has 0 aliphatic heterocycles. The lowest BCUT2D eigenvalue weighted by Gasteiger charge is -2.13. The van der Waals surface area contributed by atoms with E-state index in [9.17, 15) is 31.2 Å². The number of benzene rings is 2. The summed E-state index contributed by atoms with van der Waals surface area (Å²) in [6.45, 7) is 1.74. The first-order valence-electron chi connectivity index (χ1n) is 9.54. The summed E-state index contributed by atoms with van der Waals surface area (Å²) in [6, 6.07) is 9.83. The molecule has 1 saturated carbocycles. The SMILES string of the molecule is Cc1ccc(C(=O)NC2CC2)cc1-n1ccc2ccc(OS(=O)(=O)C(F)(F)F)cc2c1=O. The number of aromatic nitrogens is 1. The highest BCUT2D eigenvalue weighted by atomic mass is 32.2. The number of rotatable bonds is 5. The highest BCUT2D eigenvalue weighted by Gasteiger charge is 2.48. The molecule has 1 aliphatic rings. The van der Waals surface area contributed by atoms with E-state index in [1.807, 2.05) is 0 Å². The normalized spacial score (nSPS) is 14.4. The first-order chi connectivity index (χ1) is 15.0. The van der Waals surface area contributed by atoms with Gasteiger partial charge in [-0.05, 0) is 61.0 Å². The number of amides is 1. The molecule has 0 saturated heterocycles. The molecule has 2 aromatic carbocycles. The fourth-order valence-electron chi connectivity index (χ4n) is 3.14. The van der Waals surface area contributed by atoms with Crippen molar-refractivity contribution in [3.63, 3.8) is 0 Å². The summed E-state index contributed by atoms with van der Waals surface area (Å²) in [5.74, 6) is -0.908. The van der Waals surface area contributed by atoms with Gasteiger partial charge in [-0.2, -0.15) is 21.6 Å². The standard InChI is InChI=1S/C21H17F3N2O5S/c1-12-2-3-14(19(27)25-15-5-6-15)10-18(12)26-9-8-13-4-7-16(11-17(13)20(26)28)31-32(29,30)21(22,23)24/h2-4,7-11,15H,5-6H2,1H3,(H,25,27). The van der Waals surface area contributed by atoms with Crippen molar-refractivity contribution in [2.45, 2.75) is 31.3 Å². The van der Waals surface area contributed by atoms with Crippen molar-refractivity contribution in [3.8, 4) is 11.4 Å². The van der Waals surface area contributed by atoms with Gasteiger partial charge in [-0.1, -0.05) is 12.1 Å². The molecule has 1 heterocycles. The summed E-state index contributed by atoms with van der Waals surface area (Å²) in [6.07, 6.45) is 3.31. The zero-order chi connectivity index (χ0) is 23.3. The Bertz CT molecular complexity index is 1390. The van der Waals surface area contributed by atoms with Crippen LogP contribution in [0.4, 0.5) is 13.2 Å². The van der Waals surface area contributed by atoms with Gasteiger partial charge in [-0.3, -0.25) is 14.2 Å². The lowest BCUT2D eigenvalue weighted by Crippen LogP contribution is -2.28. The van der Waals surface area contributed by atoms with Gasteiger partial charge in [0, 0.05) is 17.8 Å². The van der Waals surface area contributed by atoms with Crippen molar-refractivity contribution < 1.29 is 30.6 Å². The zero-order valence-electron chi connectivity index (χ0n) is 16.6. The summed E-state index contributed by atoms with van der Waals surface area (Å²) in [5.41, 5.74) is -4.76. The quantitative estimate of drug-likeness (QED) is 0.459. The van der Waals surface area contributed by atoms with Gasteiger partial charge in [0.2, 0.25) is 0 Å². The molecule has 3 aromatic rings. The summed E-state index contributed by atoms with van der Waals surface area (Å²) < 4.78 is 65.8. The van der Waals surface area contributed by atoms with Crippen molar-refractivity contribution in [1.29, 1.82) is 0 Å². The molecule has 0 spiro atoms. The van der Waals surface area contributed by atoms with Crippen molar-refractivity contribution >= 4 is 26.8 Å². The van der Waals surface area contributed by atoms with Crippen LogP contribution in [-0.4, -0.2) is 30.4 Å². The first kappa shape index (κ1) is 21.9. The third-order valence-electron chi connectivity index (χ3n) is 5.01. The monoisotopic (exact) mass is 466 g/mol. The maximum absolute atomic E-state index is 13.1. The number of hydrogen-bond donors (Lipinski definition) is 1. The van der Waals surface area contributed by atoms with Crippen LogP contribution in [0.25, 0.3) is 16.5 Å². The van der Waals surface area contributed by atoms with E-state index in [1.165, 1.54) is 16.8 Å². The van der Waals surface area contributed by atoms with Crippen LogP contribution in [0.15, 0.2) is 53.5 Å². The number of nitrogens with zero attached hydrogens (tertiary/aromatic N) is 1. The van der Waals surface area contributed by atoms with Crippen LogP contribution in [0.1, 0.15) is 28.8 Å². The minimum atomic E-state index is -5.87. The Hall–Kier alpha value is -3.34. The van der Waals surface area contributed by atoms with E-state index < -0.39 is 26.9 Å². The van der Waals surface area contributed by atoms with Crippen LogP contribution in [-0.2, 0) is 10.1 Å². The molecule has 1 fully saturated rings. The third-order valence-corrected chi connectivity index (χ3v) is 5.99. The maximum Gasteiger partial charge on any atom is 0.534 e. The van der Waals surface area contributed by atoms with Gasteiger partial charge in [-0.25, -0.2) is 0 Å². The number of hydrogen-bond acceptors (Lipinski definition) is 5. The van der Waals surface area contributed by atoms with Gasteiger partial charge in [0.25, 0.3) is 11.5 Å². The molecule has 7 nitrogen and oxygen atoms in total. The summed E-state index contributed by atoms with van der Waals surface area (Å²) in [4.78, 5) is 25.5. The second-order valence-electron chi connectivity index (χ2n) is 7.47. The van der Waals surface area contributed by atoms with E-state index in [0.717, 1.165) is 25.0 Å². The highest BCUT2D eigenvalue weighted by Crippen LogP contribution is 2.28. The zero-order valence-corrected chi connectivity index (χ0v) is 17.5. The van der Waals surface area contributed by atoms with Crippen LogP contribution in [0, 0.1) is 6.92 Å². The van der Waals surface area contributed by atoms with Gasteiger partial charge >= 0.3 is 15.6 Å². The van der Waals surface area contributed by atoms with Crippen LogP contribution in [0.3, 0.4) is 0 Å². The Labute approximate surface area is 180 Å². The molecule has 1 aromatic heterocycles. The van der Waals surface area contributed by atoms with E-state index in [4.69, 9.17) is 0 Å². The molecular weight excluding hydrogens is 449 g/mol. The average Bonchev–Trinajstić information content (AvgIpc) is 3.52. The fraction of sp³-hybridized carbons (Fsp3) is 0.238. The lowest BCUT2D eigenvalue weighted by atomic mass is 10.1. The van der Waals surface area contributed by atoms with E-state index in [0.29, 0.717) is 22.2 Å². The van der Waals surface area contributed by atoms with E-state index >= 15 is 0 Å². The van der Waals surface area contributed by atoms with Crippen molar-refractivity contribution in [3.05, 3.63) is 70.1 Å². The number of carbonyl (C=O) groups excluding carboxylic acids is 1. The largest absolute Gasteiger partial charge is 0.534 e. The minimum Gasteiger partial charge on any atom is -0.376 e. The molecule has 1 aliphatic carbocycles. The van der Waals surface area contributed by atoms with Gasteiger partial charge in [0.05, 0.1) is 11.1 Å². The number of pyridine rings is 1. The Morgan fingerprint density at radius 3 is 2.50 bits per heavy atom. The molecule has 1 N–H and O–H groups in total. The molecule has 32 heavy (non-hydrogen) atoms. The third kappa shape index (κ3) is 4.20. The molecule has 0 radical (unpaired) electrons. The van der Waals surface area contributed by atoms with Crippen molar-refractivity contribution in [1.82, 2.24) is 9.88 Å². The van der Waals surface area contributed by atoms with Crippen molar-refractivity contribution in [2.75, 3.05) is 0 Å². The molecule has 1 amide bonds. The van der Waals surface area contributed by atoms with Gasteiger partial charge in [0.1, 0.15) is 5.75 Å². The smallest absolute Gasteiger partial charge is 0.376 e. The summed E-state index contributed by atoms with van der Waals surface area (Å²) in [7, 11) is -5.87. The van der Waals surface area contributed by atoms with Crippen LogP contribution in [0.5, 0.6) is 5.75 Å². The summed E-state index contributed by atoms with van der Waals surface area (Å²) >= 11 is 0. The first-order valence-corrected chi connectivity index (χ1v) is 11.0. The Morgan fingerprint density at radius 1 is 1.12 bits per heavy atom. The second-order valence-corrected chi connectivity index (χ2v) is 9.01. The predicted molar refractivity (Wildman–Crippen MR) is 110 cm³/mol. The van der Waals surface area contributed by atoms with Crippen LogP contribution < -0.4 is 15.1 Å². The Balaban J connectivity index is 1.76. The Kier molecular flexibility index (Phi) is 5.24. The number of halogens is 3. The fourth-order valence-corrected chi connectivity index (χ4v) is 3.59. The van der Waals surface area contributed by atoms with Gasteiger partial charge in [-0.15, -0.1) is 0 Å². The van der Waals surface area contributed by atoms with E-state index in [2.05, 4.69) is 9.50 Å².